The van der Waals surface area contributed by atoms with E-state index in [0.717, 1.165) is 10.2 Å². The Labute approximate surface area is 122 Å². The second kappa shape index (κ2) is 6.53. The fourth-order valence-corrected chi connectivity index (χ4v) is 2.19. The zero-order valence-corrected chi connectivity index (χ0v) is 12.4. The van der Waals surface area contributed by atoms with Crippen LogP contribution in [0, 0.1) is 0 Å². The normalized spacial score (nSPS) is 11.9. The number of anilines is 1. The molecule has 2 nitrogen and oxygen atoms in total. The van der Waals surface area contributed by atoms with Crippen molar-refractivity contribution in [2.75, 3.05) is 5.32 Å². The number of benzene rings is 2. The van der Waals surface area contributed by atoms with E-state index in [1.54, 1.807) is 0 Å². The van der Waals surface area contributed by atoms with Crippen LogP contribution >= 0.6 is 15.9 Å². The third-order valence-electron chi connectivity index (χ3n) is 2.99. The summed E-state index contributed by atoms with van der Waals surface area (Å²) in [6.45, 7) is 2.07. The lowest BCUT2D eigenvalue weighted by molar-refractivity contribution is -0.116. The van der Waals surface area contributed by atoms with Gasteiger partial charge in [-0.2, -0.15) is 0 Å². The van der Waals surface area contributed by atoms with E-state index in [1.807, 2.05) is 42.5 Å². The number of halogens is 1. The van der Waals surface area contributed by atoms with Crippen molar-refractivity contribution in [2.45, 2.75) is 19.3 Å². The van der Waals surface area contributed by atoms with Crippen LogP contribution in [-0.4, -0.2) is 5.91 Å². The van der Waals surface area contributed by atoms with Gasteiger partial charge in [0, 0.05) is 16.6 Å². The van der Waals surface area contributed by atoms with Gasteiger partial charge in [0.15, 0.2) is 0 Å². The van der Waals surface area contributed by atoms with Crippen molar-refractivity contribution in [3.8, 4) is 0 Å². The molecule has 2 rings (SSSR count). The lowest BCUT2D eigenvalue weighted by atomic mass is 9.97. The molecule has 3 heteroatoms. The molecule has 19 heavy (non-hydrogen) atoms. The maximum absolute atomic E-state index is 12.0. The van der Waals surface area contributed by atoms with Gasteiger partial charge in [0.1, 0.15) is 0 Å². The number of rotatable bonds is 4. The Balaban J connectivity index is 1.93. The van der Waals surface area contributed by atoms with Crippen molar-refractivity contribution >= 4 is 27.5 Å². The van der Waals surface area contributed by atoms with Gasteiger partial charge in [-0.15, -0.1) is 0 Å². The van der Waals surface area contributed by atoms with Crippen LogP contribution < -0.4 is 5.32 Å². The molecule has 0 aromatic heterocycles. The molecular formula is C16H16BrNO. The van der Waals surface area contributed by atoms with Gasteiger partial charge in [-0.05, 0) is 35.7 Å². The van der Waals surface area contributed by atoms with Gasteiger partial charge in [-0.1, -0.05) is 53.2 Å². The van der Waals surface area contributed by atoms with Gasteiger partial charge in [0.25, 0.3) is 0 Å². The Morgan fingerprint density at radius 2 is 1.74 bits per heavy atom. The smallest absolute Gasteiger partial charge is 0.224 e. The predicted molar refractivity (Wildman–Crippen MR) is 82.2 cm³/mol. The van der Waals surface area contributed by atoms with Crippen molar-refractivity contribution in [3.05, 3.63) is 64.6 Å². The second-order valence-electron chi connectivity index (χ2n) is 4.57. The molecule has 0 bridgehead atoms. The molecule has 1 unspecified atom stereocenters. The standard InChI is InChI=1S/C16H16BrNO/c1-12(13-5-3-2-4-6-13)11-16(19)18-15-9-7-14(17)8-10-15/h2-10,12H,11H2,1H3,(H,18,19). The summed E-state index contributed by atoms with van der Waals surface area (Å²) in [6, 6.07) is 17.7. The zero-order valence-electron chi connectivity index (χ0n) is 10.8. The molecule has 98 valence electrons. The lowest BCUT2D eigenvalue weighted by Gasteiger charge is -2.12. The van der Waals surface area contributed by atoms with Crippen LogP contribution in [0.4, 0.5) is 5.69 Å². The Bertz CT molecular complexity index is 536. The number of carbonyl (C=O) groups is 1. The topological polar surface area (TPSA) is 29.1 Å². The Morgan fingerprint density at radius 1 is 1.11 bits per heavy atom. The van der Waals surface area contributed by atoms with Crippen LogP contribution in [0.15, 0.2) is 59.1 Å². The van der Waals surface area contributed by atoms with Crippen LogP contribution in [0.1, 0.15) is 24.8 Å². The summed E-state index contributed by atoms with van der Waals surface area (Å²) in [4.78, 5) is 12.0. The van der Waals surface area contributed by atoms with E-state index < -0.39 is 0 Å². The second-order valence-corrected chi connectivity index (χ2v) is 5.49. The number of amides is 1. The molecule has 2 aromatic rings. The number of hydrogen-bond donors (Lipinski definition) is 1. The summed E-state index contributed by atoms with van der Waals surface area (Å²) in [5.41, 5.74) is 2.02. The van der Waals surface area contributed by atoms with Crippen LogP contribution in [0.25, 0.3) is 0 Å². The van der Waals surface area contributed by atoms with Gasteiger partial charge in [-0.3, -0.25) is 4.79 Å². The number of nitrogens with one attached hydrogen (secondary N) is 1. The molecule has 0 aliphatic heterocycles. The quantitative estimate of drug-likeness (QED) is 0.878. The first-order valence-corrected chi connectivity index (χ1v) is 7.05. The van der Waals surface area contributed by atoms with Crippen LogP contribution in [0.5, 0.6) is 0 Å². The third-order valence-corrected chi connectivity index (χ3v) is 3.52. The van der Waals surface area contributed by atoms with E-state index in [9.17, 15) is 4.79 Å². The van der Waals surface area contributed by atoms with E-state index in [0.29, 0.717) is 6.42 Å². The van der Waals surface area contributed by atoms with Gasteiger partial charge in [-0.25, -0.2) is 0 Å². The molecule has 0 spiro atoms. The molecular weight excluding hydrogens is 302 g/mol. The van der Waals surface area contributed by atoms with E-state index in [2.05, 4.69) is 40.3 Å². The molecule has 1 N–H and O–H groups in total. The average molecular weight is 318 g/mol. The van der Waals surface area contributed by atoms with Crippen LogP contribution in [0.2, 0.25) is 0 Å². The fourth-order valence-electron chi connectivity index (χ4n) is 1.92. The lowest BCUT2D eigenvalue weighted by Crippen LogP contribution is -2.14. The minimum Gasteiger partial charge on any atom is -0.326 e. The molecule has 1 amide bonds. The van der Waals surface area contributed by atoms with E-state index in [-0.39, 0.29) is 11.8 Å². The molecule has 0 saturated carbocycles. The van der Waals surface area contributed by atoms with Crippen molar-refractivity contribution in [3.63, 3.8) is 0 Å². The van der Waals surface area contributed by atoms with E-state index >= 15 is 0 Å². The first-order valence-electron chi connectivity index (χ1n) is 6.25. The first-order chi connectivity index (χ1) is 9.15. The highest BCUT2D eigenvalue weighted by Gasteiger charge is 2.10. The molecule has 0 aliphatic carbocycles. The van der Waals surface area contributed by atoms with Gasteiger partial charge in [0.2, 0.25) is 5.91 Å². The minimum absolute atomic E-state index is 0.0404. The Hall–Kier alpha value is -1.61. The molecule has 0 aliphatic rings. The molecule has 1 atom stereocenters. The summed E-state index contributed by atoms with van der Waals surface area (Å²) in [7, 11) is 0. The zero-order chi connectivity index (χ0) is 13.7. The molecule has 0 heterocycles. The number of carbonyl (C=O) groups excluding carboxylic acids is 1. The largest absolute Gasteiger partial charge is 0.326 e. The summed E-state index contributed by atoms with van der Waals surface area (Å²) >= 11 is 3.37. The average Bonchev–Trinajstić information content (AvgIpc) is 2.42. The first kappa shape index (κ1) is 13.8. The third kappa shape index (κ3) is 4.21. The maximum atomic E-state index is 12.0. The van der Waals surface area contributed by atoms with Gasteiger partial charge >= 0.3 is 0 Å². The SMILES string of the molecule is CC(CC(=O)Nc1ccc(Br)cc1)c1ccccc1. The van der Waals surface area contributed by atoms with Gasteiger partial charge < -0.3 is 5.32 Å². The summed E-state index contributed by atoms with van der Waals surface area (Å²) in [6.07, 6.45) is 0.486. The van der Waals surface area contributed by atoms with Gasteiger partial charge in [0.05, 0.1) is 0 Å². The van der Waals surface area contributed by atoms with Crippen molar-refractivity contribution in [2.24, 2.45) is 0 Å². The summed E-state index contributed by atoms with van der Waals surface area (Å²) in [5, 5.41) is 2.91. The molecule has 0 radical (unpaired) electrons. The van der Waals surface area contributed by atoms with Crippen LogP contribution in [-0.2, 0) is 4.79 Å². The number of hydrogen-bond acceptors (Lipinski definition) is 1. The monoisotopic (exact) mass is 317 g/mol. The minimum atomic E-state index is 0.0404. The van der Waals surface area contributed by atoms with Crippen molar-refractivity contribution in [1.82, 2.24) is 0 Å². The highest BCUT2D eigenvalue weighted by Crippen LogP contribution is 2.20. The highest BCUT2D eigenvalue weighted by molar-refractivity contribution is 9.10. The Morgan fingerprint density at radius 3 is 2.37 bits per heavy atom. The van der Waals surface area contributed by atoms with Crippen LogP contribution in [0.3, 0.4) is 0 Å². The highest BCUT2D eigenvalue weighted by atomic mass is 79.9. The van der Waals surface area contributed by atoms with E-state index in [1.165, 1.54) is 5.56 Å². The molecule has 0 fully saturated rings. The molecule has 2 aromatic carbocycles. The predicted octanol–water partition coefficient (Wildman–Crippen LogP) is 4.58. The molecule has 0 saturated heterocycles. The van der Waals surface area contributed by atoms with Crippen molar-refractivity contribution in [1.29, 1.82) is 0 Å². The summed E-state index contributed by atoms with van der Waals surface area (Å²) < 4.78 is 1.00. The maximum Gasteiger partial charge on any atom is 0.224 e. The fraction of sp³-hybridized carbons (Fsp3) is 0.188. The summed E-state index contributed by atoms with van der Waals surface area (Å²) in [5.74, 6) is 0.260. The van der Waals surface area contributed by atoms with Crippen molar-refractivity contribution < 1.29 is 4.79 Å². The Kier molecular flexibility index (Phi) is 4.74. The van der Waals surface area contributed by atoms with E-state index in [4.69, 9.17) is 0 Å².